The summed E-state index contributed by atoms with van der Waals surface area (Å²) in [6.45, 7) is 3.72. The Kier molecular flexibility index (Phi) is 6.14. The van der Waals surface area contributed by atoms with Crippen LogP contribution >= 0.6 is 0 Å². The fraction of sp³-hybridized carbons (Fsp3) is 0.200. The van der Waals surface area contributed by atoms with Crippen LogP contribution in [0.25, 0.3) is 0 Å². The van der Waals surface area contributed by atoms with Crippen molar-refractivity contribution < 1.29 is 0 Å². The summed E-state index contributed by atoms with van der Waals surface area (Å²) in [6.07, 6.45) is 4.38. The molecule has 0 aliphatic carbocycles. The van der Waals surface area contributed by atoms with Crippen molar-refractivity contribution >= 4 is 5.71 Å². The van der Waals surface area contributed by atoms with Crippen LogP contribution in [0.5, 0.6) is 0 Å². The molecule has 2 aromatic rings. The molecule has 0 aromatic heterocycles. The lowest BCUT2D eigenvalue weighted by Gasteiger charge is -2.14. The molecule has 0 atom stereocenters. The second kappa shape index (κ2) is 8.59. The first kappa shape index (κ1) is 15.7. The maximum atomic E-state index is 9.36. The van der Waals surface area contributed by atoms with Crippen LogP contribution in [0.1, 0.15) is 36.4 Å². The first-order valence-corrected chi connectivity index (χ1v) is 7.52. The fourth-order valence-corrected chi connectivity index (χ4v) is 2.33. The van der Waals surface area contributed by atoms with Crippen LogP contribution < -0.4 is 0 Å². The normalized spacial score (nSPS) is 11.2. The zero-order valence-electron chi connectivity index (χ0n) is 12.7. The summed E-state index contributed by atoms with van der Waals surface area (Å²) < 4.78 is 0. The maximum absolute atomic E-state index is 9.36. The lowest BCUT2D eigenvalue weighted by Crippen LogP contribution is -2.03. The van der Waals surface area contributed by atoms with Gasteiger partial charge in [0, 0.05) is 0 Å². The second-order valence-electron chi connectivity index (χ2n) is 5.09. The fourth-order valence-electron chi connectivity index (χ4n) is 2.33. The number of rotatable bonds is 7. The quantitative estimate of drug-likeness (QED) is 0.397. The summed E-state index contributed by atoms with van der Waals surface area (Å²) >= 11 is 0. The minimum absolute atomic E-state index is 0.124. The maximum Gasteiger partial charge on any atom is 0.114 e. The topological polar surface area (TPSA) is 36.1 Å². The third-order valence-electron chi connectivity index (χ3n) is 3.47. The number of hydrogen-bond acceptors (Lipinski definition) is 2. The highest BCUT2D eigenvalue weighted by atomic mass is 14.8. The molecule has 0 saturated carbocycles. The van der Waals surface area contributed by atoms with Gasteiger partial charge in [0.05, 0.1) is 0 Å². The highest BCUT2D eigenvalue weighted by molar-refractivity contribution is 5.98. The highest BCUT2D eigenvalue weighted by Gasteiger charge is 2.13. The van der Waals surface area contributed by atoms with Gasteiger partial charge in [0.1, 0.15) is 17.8 Å². The predicted molar refractivity (Wildman–Crippen MR) is 91.8 cm³/mol. The van der Waals surface area contributed by atoms with Crippen molar-refractivity contribution in [1.82, 2.24) is 0 Å². The smallest absolute Gasteiger partial charge is 0.114 e. The van der Waals surface area contributed by atoms with Crippen molar-refractivity contribution in [2.45, 2.75) is 25.3 Å². The van der Waals surface area contributed by atoms with Crippen molar-refractivity contribution in [3.05, 3.63) is 84.4 Å². The van der Waals surface area contributed by atoms with Crippen LogP contribution in [0.15, 0.2) is 78.3 Å². The Balaban J connectivity index is 2.32. The van der Waals surface area contributed by atoms with E-state index in [-0.39, 0.29) is 6.04 Å². The molecule has 0 bridgehead atoms. The van der Waals surface area contributed by atoms with Gasteiger partial charge < -0.3 is 0 Å². The highest BCUT2D eigenvalue weighted by Crippen LogP contribution is 2.26. The molecule has 2 nitrogen and oxygen atoms in total. The SMILES string of the molecule is C=CCCC/C(C#N)=N\C(c1ccccc1)c1ccccc1. The number of benzene rings is 2. The van der Waals surface area contributed by atoms with Gasteiger partial charge in [-0.2, -0.15) is 5.26 Å². The molecule has 2 heteroatoms. The molecule has 0 aliphatic heterocycles. The van der Waals surface area contributed by atoms with E-state index in [1.165, 1.54) is 0 Å². The lowest BCUT2D eigenvalue weighted by molar-refractivity contribution is 0.844. The Morgan fingerprint density at radius 2 is 1.59 bits per heavy atom. The number of nitriles is 1. The summed E-state index contributed by atoms with van der Waals surface area (Å²) in [5.74, 6) is 0. The number of unbranched alkanes of at least 4 members (excludes halogenated alkanes) is 1. The van der Waals surface area contributed by atoms with Crippen molar-refractivity contribution in [3.63, 3.8) is 0 Å². The first-order valence-electron chi connectivity index (χ1n) is 7.52. The number of nitrogens with zero attached hydrogens (tertiary/aromatic N) is 2. The molecule has 22 heavy (non-hydrogen) atoms. The van der Waals surface area contributed by atoms with E-state index in [0.29, 0.717) is 12.1 Å². The van der Waals surface area contributed by atoms with Crippen LogP contribution in [0.4, 0.5) is 0 Å². The van der Waals surface area contributed by atoms with Crippen LogP contribution in [0, 0.1) is 11.3 Å². The molecule has 0 fully saturated rings. The molecular weight excluding hydrogens is 268 g/mol. The number of aliphatic imine (C=N–C) groups is 1. The Morgan fingerprint density at radius 1 is 1.05 bits per heavy atom. The van der Waals surface area contributed by atoms with Crippen LogP contribution in [0.3, 0.4) is 0 Å². The van der Waals surface area contributed by atoms with E-state index in [1.54, 1.807) is 0 Å². The van der Waals surface area contributed by atoms with Gasteiger partial charge >= 0.3 is 0 Å². The summed E-state index contributed by atoms with van der Waals surface area (Å²) in [7, 11) is 0. The Morgan fingerprint density at radius 3 is 2.05 bits per heavy atom. The molecule has 0 aliphatic rings. The molecule has 0 radical (unpaired) electrons. The van der Waals surface area contributed by atoms with Gasteiger partial charge in [0.15, 0.2) is 0 Å². The molecule has 0 amide bonds. The van der Waals surface area contributed by atoms with E-state index < -0.39 is 0 Å². The zero-order chi connectivity index (χ0) is 15.6. The molecule has 2 rings (SSSR count). The van der Waals surface area contributed by atoms with Crippen molar-refractivity contribution in [1.29, 1.82) is 5.26 Å². The van der Waals surface area contributed by atoms with Gasteiger partial charge in [-0.05, 0) is 30.4 Å². The third-order valence-corrected chi connectivity index (χ3v) is 3.47. The van der Waals surface area contributed by atoms with Gasteiger partial charge in [-0.25, -0.2) is 0 Å². The number of allylic oxidation sites excluding steroid dienone is 1. The predicted octanol–water partition coefficient (Wildman–Crippen LogP) is 5.10. The van der Waals surface area contributed by atoms with E-state index in [4.69, 9.17) is 4.99 Å². The molecule has 2 aromatic carbocycles. The molecule has 110 valence electrons. The second-order valence-corrected chi connectivity index (χ2v) is 5.09. The average Bonchev–Trinajstić information content (AvgIpc) is 2.59. The van der Waals surface area contributed by atoms with E-state index in [2.05, 4.69) is 36.9 Å². The summed E-state index contributed by atoms with van der Waals surface area (Å²) in [5, 5.41) is 9.36. The monoisotopic (exact) mass is 288 g/mol. The van der Waals surface area contributed by atoms with Crippen LogP contribution in [0.2, 0.25) is 0 Å². The van der Waals surface area contributed by atoms with Gasteiger partial charge in [-0.3, -0.25) is 4.99 Å². The standard InChI is InChI=1S/C20H20N2/c1-2-3-6-15-19(16-21)22-20(17-11-7-4-8-12-17)18-13-9-5-10-14-18/h2,4-5,7-14,20H,1,3,6,15H2/b22-19+. The van der Waals surface area contributed by atoms with Crippen molar-refractivity contribution in [3.8, 4) is 6.07 Å². The van der Waals surface area contributed by atoms with Crippen molar-refractivity contribution in [2.24, 2.45) is 4.99 Å². The Labute approximate surface area is 132 Å². The van der Waals surface area contributed by atoms with E-state index in [0.717, 1.165) is 24.0 Å². The average molecular weight is 288 g/mol. The molecule has 0 unspecified atom stereocenters. The molecule has 0 saturated heterocycles. The molecular formula is C20H20N2. The van der Waals surface area contributed by atoms with Gasteiger partial charge in [-0.15, -0.1) is 6.58 Å². The summed E-state index contributed by atoms with van der Waals surface area (Å²) in [5.41, 5.74) is 2.80. The Hall–Kier alpha value is -2.66. The minimum Gasteiger partial charge on any atom is -0.266 e. The minimum atomic E-state index is -0.124. The van der Waals surface area contributed by atoms with Crippen molar-refractivity contribution in [2.75, 3.05) is 0 Å². The first-order chi connectivity index (χ1) is 10.8. The van der Waals surface area contributed by atoms with E-state index >= 15 is 0 Å². The van der Waals surface area contributed by atoms with Gasteiger partial charge in [0.2, 0.25) is 0 Å². The third kappa shape index (κ3) is 4.43. The largest absolute Gasteiger partial charge is 0.266 e. The van der Waals surface area contributed by atoms with Crippen LogP contribution in [-0.2, 0) is 0 Å². The van der Waals surface area contributed by atoms with E-state index in [9.17, 15) is 5.26 Å². The van der Waals surface area contributed by atoms with Crippen LogP contribution in [-0.4, -0.2) is 5.71 Å². The zero-order valence-corrected chi connectivity index (χ0v) is 12.7. The molecule has 0 N–H and O–H groups in total. The lowest BCUT2D eigenvalue weighted by atomic mass is 9.99. The molecule has 0 spiro atoms. The van der Waals surface area contributed by atoms with E-state index in [1.807, 2.05) is 42.5 Å². The summed E-state index contributed by atoms with van der Waals surface area (Å²) in [6, 6.07) is 22.3. The molecule has 0 heterocycles. The Bertz CT molecular complexity index is 612. The van der Waals surface area contributed by atoms with Gasteiger partial charge in [-0.1, -0.05) is 66.7 Å². The van der Waals surface area contributed by atoms with Gasteiger partial charge in [0.25, 0.3) is 0 Å². The summed E-state index contributed by atoms with van der Waals surface area (Å²) in [4.78, 5) is 4.73. The number of hydrogen-bond donors (Lipinski definition) is 0.